The first-order valence-corrected chi connectivity index (χ1v) is 11.6. The van der Waals surface area contributed by atoms with Crippen molar-refractivity contribution in [2.75, 3.05) is 18.5 Å². The van der Waals surface area contributed by atoms with E-state index >= 15 is 0 Å². The number of para-hydroxylation sites is 1. The lowest BCUT2D eigenvalue weighted by Gasteiger charge is -2.22. The molecule has 2 N–H and O–H groups in total. The third-order valence-corrected chi connectivity index (χ3v) is 6.57. The molecule has 8 nitrogen and oxygen atoms in total. The van der Waals surface area contributed by atoms with Crippen molar-refractivity contribution in [3.05, 3.63) is 48.0 Å². The summed E-state index contributed by atoms with van der Waals surface area (Å²) in [6, 6.07) is 12.1. The van der Waals surface area contributed by atoms with Crippen molar-refractivity contribution >= 4 is 27.5 Å². The Kier molecular flexibility index (Phi) is 5.86. The molecule has 9 heteroatoms. The van der Waals surface area contributed by atoms with Crippen molar-refractivity contribution in [2.24, 2.45) is 10.3 Å². The first-order valence-electron chi connectivity index (χ1n) is 10.2. The summed E-state index contributed by atoms with van der Waals surface area (Å²) in [7, 11) is -3.73. The van der Waals surface area contributed by atoms with Gasteiger partial charge < -0.3 is 20.1 Å². The van der Waals surface area contributed by atoms with Crippen molar-refractivity contribution in [3.63, 3.8) is 0 Å². The van der Waals surface area contributed by atoms with Crippen molar-refractivity contribution in [3.8, 4) is 11.5 Å². The highest BCUT2D eigenvalue weighted by Gasteiger charge is 2.25. The first kappa shape index (κ1) is 21.2. The molecule has 2 aliphatic heterocycles. The average molecular weight is 444 g/mol. The highest BCUT2D eigenvalue weighted by molar-refractivity contribution is 7.90. The average Bonchev–Trinajstić information content (AvgIpc) is 2.72. The minimum absolute atomic E-state index is 0.0980. The number of fused-ring (bicyclic) bond motifs is 2. The van der Waals surface area contributed by atoms with Crippen LogP contribution in [-0.4, -0.2) is 33.4 Å². The molecule has 0 saturated carbocycles. The maximum absolute atomic E-state index is 12.5. The van der Waals surface area contributed by atoms with E-state index in [1.807, 2.05) is 32.0 Å². The Morgan fingerprint density at radius 3 is 2.68 bits per heavy atom. The predicted molar refractivity (Wildman–Crippen MR) is 117 cm³/mol. The number of hydrogen-bond donors (Lipinski definition) is 2. The van der Waals surface area contributed by atoms with E-state index in [2.05, 4.69) is 15.0 Å². The van der Waals surface area contributed by atoms with Gasteiger partial charge in [0.05, 0.1) is 11.7 Å². The molecule has 2 unspecified atom stereocenters. The molecule has 2 atom stereocenters. The quantitative estimate of drug-likeness (QED) is 0.710. The van der Waals surface area contributed by atoms with Gasteiger partial charge in [-0.15, -0.1) is 4.40 Å². The fourth-order valence-electron chi connectivity index (χ4n) is 3.69. The standard InChI is InChI=1S/C22H25N3O5S/c1-14(11-21-24-17-5-3-4-6-20(17)31(27,28)25-21)12-22(26)23-15(2)16-7-8-18-19(13-16)30-10-9-29-18/h3-8,13-15H,9-12H2,1-2H3,(H,23,26)(H,24,25). The third-order valence-electron chi connectivity index (χ3n) is 5.19. The Morgan fingerprint density at radius 1 is 1.13 bits per heavy atom. The van der Waals surface area contributed by atoms with E-state index in [9.17, 15) is 13.2 Å². The number of hydrogen-bond acceptors (Lipinski definition) is 6. The molecule has 0 radical (unpaired) electrons. The summed E-state index contributed by atoms with van der Waals surface area (Å²) in [5, 5.41) is 6.05. The zero-order chi connectivity index (χ0) is 22.0. The third kappa shape index (κ3) is 4.82. The highest BCUT2D eigenvalue weighted by atomic mass is 32.2. The van der Waals surface area contributed by atoms with Crippen LogP contribution in [0.15, 0.2) is 51.8 Å². The number of anilines is 1. The number of ether oxygens (including phenoxy) is 2. The number of rotatable bonds is 6. The molecule has 164 valence electrons. The first-order chi connectivity index (χ1) is 14.8. The van der Waals surface area contributed by atoms with Crippen LogP contribution >= 0.6 is 0 Å². The summed E-state index contributed by atoms with van der Waals surface area (Å²) in [4.78, 5) is 12.7. The molecular formula is C22H25N3O5S. The number of sulfonamides is 1. The number of nitrogens with one attached hydrogen (secondary N) is 2. The summed E-state index contributed by atoms with van der Waals surface area (Å²) in [6.07, 6.45) is 0.594. The van der Waals surface area contributed by atoms with Gasteiger partial charge in [0.2, 0.25) is 5.91 Å². The van der Waals surface area contributed by atoms with Gasteiger partial charge in [-0.05, 0) is 42.7 Å². The summed E-state index contributed by atoms with van der Waals surface area (Å²) in [5.74, 6) is 1.52. The summed E-state index contributed by atoms with van der Waals surface area (Å²) in [6.45, 7) is 4.84. The molecule has 0 spiro atoms. The van der Waals surface area contributed by atoms with Crippen LogP contribution < -0.4 is 20.1 Å². The van der Waals surface area contributed by atoms with Crippen LogP contribution in [0, 0.1) is 5.92 Å². The number of carbonyl (C=O) groups excluding carboxylic acids is 1. The fourth-order valence-corrected chi connectivity index (χ4v) is 4.84. The van der Waals surface area contributed by atoms with Gasteiger partial charge >= 0.3 is 0 Å². The SMILES string of the molecule is CC(CC(=O)NC(C)c1ccc2c(c1)OCCO2)CC1=NS(=O)(=O)c2ccccc2N1. The normalized spacial score (nSPS) is 18.1. The van der Waals surface area contributed by atoms with Crippen LogP contribution in [0.3, 0.4) is 0 Å². The van der Waals surface area contributed by atoms with Gasteiger partial charge in [0.15, 0.2) is 11.5 Å². The van der Waals surface area contributed by atoms with Crippen LogP contribution in [-0.2, 0) is 14.8 Å². The zero-order valence-electron chi connectivity index (χ0n) is 17.4. The molecule has 31 heavy (non-hydrogen) atoms. The molecule has 1 amide bonds. The maximum Gasteiger partial charge on any atom is 0.286 e. The van der Waals surface area contributed by atoms with Gasteiger partial charge in [0.25, 0.3) is 10.0 Å². The molecule has 0 bridgehead atoms. The minimum atomic E-state index is -3.73. The number of amides is 1. The van der Waals surface area contributed by atoms with Gasteiger partial charge in [-0.3, -0.25) is 4.79 Å². The molecule has 2 aromatic carbocycles. The maximum atomic E-state index is 12.5. The molecule has 2 aromatic rings. The lowest BCUT2D eigenvalue weighted by molar-refractivity contribution is -0.122. The van der Waals surface area contributed by atoms with E-state index in [1.54, 1.807) is 18.2 Å². The monoisotopic (exact) mass is 443 g/mol. The van der Waals surface area contributed by atoms with E-state index in [0.717, 1.165) is 5.56 Å². The summed E-state index contributed by atoms with van der Waals surface area (Å²) >= 11 is 0. The molecule has 0 fully saturated rings. The number of benzene rings is 2. The smallest absolute Gasteiger partial charge is 0.286 e. The van der Waals surface area contributed by atoms with Crippen molar-refractivity contribution in [1.29, 1.82) is 0 Å². The molecule has 2 aliphatic rings. The lowest BCUT2D eigenvalue weighted by Crippen LogP contribution is -2.29. The predicted octanol–water partition coefficient (Wildman–Crippen LogP) is 3.26. The molecule has 0 aliphatic carbocycles. The minimum Gasteiger partial charge on any atom is -0.486 e. The molecule has 0 saturated heterocycles. The van der Waals surface area contributed by atoms with E-state index < -0.39 is 10.0 Å². The Hall–Kier alpha value is -3.07. The van der Waals surface area contributed by atoms with Gasteiger partial charge in [-0.2, -0.15) is 8.42 Å². The topological polar surface area (TPSA) is 106 Å². The van der Waals surface area contributed by atoms with Crippen LogP contribution in [0.5, 0.6) is 11.5 Å². The van der Waals surface area contributed by atoms with Gasteiger partial charge in [-0.1, -0.05) is 25.1 Å². The Morgan fingerprint density at radius 2 is 1.87 bits per heavy atom. The van der Waals surface area contributed by atoms with Crippen LogP contribution in [0.1, 0.15) is 38.3 Å². The lowest BCUT2D eigenvalue weighted by atomic mass is 10.0. The van der Waals surface area contributed by atoms with Crippen molar-refractivity contribution in [2.45, 2.75) is 37.6 Å². The van der Waals surface area contributed by atoms with Crippen LogP contribution in [0.4, 0.5) is 5.69 Å². The molecule has 4 rings (SSSR count). The van der Waals surface area contributed by atoms with Crippen LogP contribution in [0.2, 0.25) is 0 Å². The molecule has 0 aromatic heterocycles. The number of nitrogens with zero attached hydrogens (tertiary/aromatic N) is 1. The number of amidine groups is 1. The van der Waals surface area contributed by atoms with Gasteiger partial charge in [-0.25, -0.2) is 0 Å². The Bertz CT molecular complexity index is 1130. The van der Waals surface area contributed by atoms with E-state index in [-0.39, 0.29) is 29.2 Å². The van der Waals surface area contributed by atoms with E-state index in [1.165, 1.54) is 6.07 Å². The summed E-state index contributed by atoms with van der Waals surface area (Å²) in [5.41, 5.74) is 1.43. The zero-order valence-corrected chi connectivity index (χ0v) is 18.2. The second-order valence-corrected chi connectivity index (χ2v) is 9.41. The largest absolute Gasteiger partial charge is 0.486 e. The second kappa shape index (κ2) is 8.58. The van der Waals surface area contributed by atoms with E-state index in [4.69, 9.17) is 9.47 Å². The number of carbonyl (C=O) groups is 1. The Labute approximate surface area is 181 Å². The Balaban J connectivity index is 1.34. The molecule has 2 heterocycles. The van der Waals surface area contributed by atoms with Crippen LogP contribution in [0.25, 0.3) is 0 Å². The van der Waals surface area contributed by atoms with Crippen molar-refractivity contribution in [1.82, 2.24) is 5.32 Å². The fraction of sp³-hybridized carbons (Fsp3) is 0.364. The van der Waals surface area contributed by atoms with Gasteiger partial charge in [0.1, 0.15) is 23.9 Å². The van der Waals surface area contributed by atoms with Gasteiger partial charge in [0, 0.05) is 12.8 Å². The molecular weight excluding hydrogens is 418 g/mol. The highest BCUT2D eigenvalue weighted by Crippen LogP contribution is 2.33. The van der Waals surface area contributed by atoms with E-state index in [0.29, 0.717) is 42.7 Å². The summed E-state index contributed by atoms with van der Waals surface area (Å²) < 4.78 is 39.7. The second-order valence-electron chi connectivity index (χ2n) is 7.84. The van der Waals surface area contributed by atoms with Crippen molar-refractivity contribution < 1.29 is 22.7 Å².